The topological polar surface area (TPSA) is 85.2 Å². The number of nitrogens with two attached hydrogens (primary N) is 1. The molecule has 0 bridgehead atoms. The predicted octanol–water partition coefficient (Wildman–Crippen LogP) is 2.24. The third-order valence-corrected chi connectivity index (χ3v) is 3.76. The van der Waals surface area contributed by atoms with Gasteiger partial charge in [0, 0.05) is 30.9 Å². The van der Waals surface area contributed by atoms with Gasteiger partial charge in [0.05, 0.1) is 17.4 Å². The van der Waals surface area contributed by atoms with E-state index in [9.17, 15) is 4.79 Å². The summed E-state index contributed by atoms with van der Waals surface area (Å²) in [7, 11) is 0. The van der Waals surface area contributed by atoms with Crippen LogP contribution >= 0.6 is 12.4 Å². The monoisotopic (exact) mass is 322 g/mol. The van der Waals surface area contributed by atoms with E-state index in [1.54, 1.807) is 18.3 Å². The number of rotatable bonds is 3. The van der Waals surface area contributed by atoms with E-state index < -0.39 is 0 Å². The van der Waals surface area contributed by atoms with Crippen molar-refractivity contribution >= 4 is 18.3 Å². The van der Waals surface area contributed by atoms with Crippen molar-refractivity contribution in [2.75, 3.05) is 6.54 Å². The lowest BCUT2D eigenvalue weighted by molar-refractivity contribution is 0.0714. The fourth-order valence-corrected chi connectivity index (χ4v) is 2.73. The second-order valence-corrected chi connectivity index (χ2v) is 5.27. The maximum atomic E-state index is 12.7. The van der Waals surface area contributed by atoms with E-state index in [4.69, 9.17) is 10.3 Å². The molecule has 0 spiro atoms. The molecule has 3 heterocycles. The summed E-state index contributed by atoms with van der Waals surface area (Å²) in [5, 5.41) is 3.92. The van der Waals surface area contributed by atoms with E-state index in [2.05, 4.69) is 10.1 Å². The van der Waals surface area contributed by atoms with E-state index in [0.29, 0.717) is 17.8 Å². The summed E-state index contributed by atoms with van der Waals surface area (Å²) in [6, 6.07) is 5.34. The zero-order valence-electron chi connectivity index (χ0n) is 12.4. The zero-order valence-corrected chi connectivity index (χ0v) is 13.2. The molecule has 1 atom stereocenters. The highest BCUT2D eigenvalue weighted by atomic mass is 35.5. The van der Waals surface area contributed by atoms with Gasteiger partial charge in [-0.15, -0.1) is 12.4 Å². The van der Waals surface area contributed by atoms with Gasteiger partial charge in [-0.25, -0.2) is 0 Å². The minimum Gasteiger partial charge on any atom is -0.359 e. The van der Waals surface area contributed by atoms with Crippen molar-refractivity contribution < 1.29 is 9.32 Å². The molecule has 0 aromatic carbocycles. The molecule has 22 heavy (non-hydrogen) atoms. The van der Waals surface area contributed by atoms with Gasteiger partial charge in [-0.1, -0.05) is 5.16 Å². The van der Waals surface area contributed by atoms with Gasteiger partial charge in [-0.2, -0.15) is 0 Å². The number of pyridine rings is 1. The minimum absolute atomic E-state index is 0. The molecule has 1 aliphatic rings. The lowest BCUT2D eigenvalue weighted by Crippen LogP contribution is -2.30. The average Bonchev–Trinajstić information content (AvgIpc) is 3.15. The SMILES string of the molecule is Cc1cc(C2CCCN2C(=O)c2ccnc(CN)c2)on1.Cl. The molecule has 1 fully saturated rings. The Morgan fingerprint density at radius 3 is 3.00 bits per heavy atom. The van der Waals surface area contributed by atoms with Crippen LogP contribution in [0.3, 0.4) is 0 Å². The number of likely N-dealkylation sites (tertiary alicyclic amines) is 1. The Morgan fingerprint density at radius 2 is 2.32 bits per heavy atom. The standard InChI is InChI=1S/C15H18N4O2.ClH/c1-10-7-14(21-18-10)13-3-2-6-19(13)15(20)11-4-5-17-12(8-11)9-16;/h4-5,7-8,13H,2-3,6,9,16H2,1H3;1H. The lowest BCUT2D eigenvalue weighted by atomic mass is 10.1. The summed E-state index contributed by atoms with van der Waals surface area (Å²) >= 11 is 0. The lowest BCUT2D eigenvalue weighted by Gasteiger charge is -2.22. The number of aromatic nitrogens is 2. The second kappa shape index (κ2) is 6.89. The minimum atomic E-state index is -0.0341. The van der Waals surface area contributed by atoms with Gasteiger partial charge in [0.15, 0.2) is 5.76 Å². The molecule has 0 saturated carbocycles. The quantitative estimate of drug-likeness (QED) is 0.936. The van der Waals surface area contributed by atoms with Crippen LogP contribution in [0.15, 0.2) is 28.9 Å². The number of hydrogen-bond donors (Lipinski definition) is 1. The van der Waals surface area contributed by atoms with Crippen molar-refractivity contribution in [3.63, 3.8) is 0 Å². The highest BCUT2D eigenvalue weighted by molar-refractivity contribution is 5.94. The average molecular weight is 323 g/mol. The van der Waals surface area contributed by atoms with Crippen molar-refractivity contribution in [3.05, 3.63) is 47.1 Å². The Kier molecular flexibility index (Phi) is 5.15. The van der Waals surface area contributed by atoms with Crippen LogP contribution < -0.4 is 5.73 Å². The van der Waals surface area contributed by atoms with Crippen LogP contribution in [0.1, 0.15) is 46.4 Å². The predicted molar refractivity (Wildman–Crippen MR) is 83.6 cm³/mol. The maximum absolute atomic E-state index is 12.7. The number of hydrogen-bond acceptors (Lipinski definition) is 5. The van der Waals surface area contributed by atoms with Crippen molar-refractivity contribution in [2.24, 2.45) is 5.73 Å². The van der Waals surface area contributed by atoms with Crippen molar-refractivity contribution in [2.45, 2.75) is 32.4 Å². The summed E-state index contributed by atoms with van der Waals surface area (Å²) in [6.45, 7) is 2.93. The number of halogens is 1. The van der Waals surface area contributed by atoms with Crippen LogP contribution in [0.4, 0.5) is 0 Å². The molecule has 1 saturated heterocycles. The molecule has 3 rings (SSSR count). The Morgan fingerprint density at radius 1 is 1.50 bits per heavy atom. The van der Waals surface area contributed by atoms with Gasteiger partial charge in [0.1, 0.15) is 0 Å². The van der Waals surface area contributed by atoms with E-state index in [-0.39, 0.29) is 24.4 Å². The van der Waals surface area contributed by atoms with E-state index >= 15 is 0 Å². The van der Waals surface area contributed by atoms with Crippen LogP contribution in [-0.2, 0) is 6.54 Å². The number of amides is 1. The van der Waals surface area contributed by atoms with E-state index in [0.717, 1.165) is 30.8 Å². The first-order valence-corrected chi connectivity index (χ1v) is 7.08. The maximum Gasteiger partial charge on any atom is 0.254 e. The van der Waals surface area contributed by atoms with Crippen molar-refractivity contribution in [1.29, 1.82) is 0 Å². The first-order chi connectivity index (χ1) is 10.2. The Balaban J connectivity index is 0.00000176. The largest absolute Gasteiger partial charge is 0.359 e. The van der Waals surface area contributed by atoms with Crippen LogP contribution in [0.5, 0.6) is 0 Å². The molecule has 118 valence electrons. The Bertz CT molecular complexity index is 658. The molecule has 0 aliphatic carbocycles. The summed E-state index contributed by atoms with van der Waals surface area (Å²) in [4.78, 5) is 18.7. The Labute approximate surface area is 135 Å². The molecular weight excluding hydrogens is 304 g/mol. The number of carbonyl (C=O) groups is 1. The highest BCUT2D eigenvalue weighted by Gasteiger charge is 2.33. The third-order valence-electron chi connectivity index (χ3n) is 3.76. The molecule has 1 aliphatic heterocycles. The molecular formula is C15H19ClN4O2. The smallest absolute Gasteiger partial charge is 0.254 e. The van der Waals surface area contributed by atoms with Crippen LogP contribution in [0.2, 0.25) is 0 Å². The number of carbonyl (C=O) groups excluding carboxylic acids is 1. The van der Waals surface area contributed by atoms with E-state index in [1.165, 1.54) is 0 Å². The van der Waals surface area contributed by atoms with Gasteiger partial charge in [0.25, 0.3) is 5.91 Å². The highest BCUT2D eigenvalue weighted by Crippen LogP contribution is 2.33. The fraction of sp³-hybridized carbons (Fsp3) is 0.400. The zero-order chi connectivity index (χ0) is 14.8. The van der Waals surface area contributed by atoms with Crippen LogP contribution in [0.25, 0.3) is 0 Å². The summed E-state index contributed by atoms with van der Waals surface area (Å²) < 4.78 is 5.33. The summed E-state index contributed by atoms with van der Waals surface area (Å²) in [5.41, 5.74) is 7.75. The molecule has 1 amide bonds. The molecule has 7 heteroatoms. The Hall–Kier alpha value is -1.92. The van der Waals surface area contributed by atoms with Gasteiger partial charge in [-0.05, 0) is 31.9 Å². The van der Waals surface area contributed by atoms with Gasteiger partial charge >= 0.3 is 0 Å². The van der Waals surface area contributed by atoms with Crippen molar-refractivity contribution in [1.82, 2.24) is 15.0 Å². The summed E-state index contributed by atoms with van der Waals surface area (Å²) in [5.74, 6) is 0.745. The normalized spacial score (nSPS) is 17.4. The van der Waals surface area contributed by atoms with Gasteiger partial charge < -0.3 is 15.2 Å². The molecule has 1 unspecified atom stereocenters. The molecule has 2 aromatic heterocycles. The first-order valence-electron chi connectivity index (χ1n) is 7.08. The molecule has 2 aromatic rings. The third kappa shape index (κ3) is 3.13. The van der Waals surface area contributed by atoms with Gasteiger partial charge in [0.2, 0.25) is 0 Å². The van der Waals surface area contributed by atoms with Crippen LogP contribution in [-0.4, -0.2) is 27.5 Å². The molecule has 6 nitrogen and oxygen atoms in total. The van der Waals surface area contributed by atoms with Crippen molar-refractivity contribution in [3.8, 4) is 0 Å². The fourth-order valence-electron chi connectivity index (χ4n) is 2.73. The van der Waals surface area contributed by atoms with Gasteiger partial charge in [-0.3, -0.25) is 9.78 Å². The first kappa shape index (κ1) is 16.5. The van der Waals surface area contributed by atoms with E-state index in [1.807, 2.05) is 17.9 Å². The number of aryl methyl sites for hydroxylation is 1. The molecule has 2 N–H and O–H groups in total. The molecule has 0 radical (unpaired) electrons. The van der Waals surface area contributed by atoms with Crippen LogP contribution in [0, 0.1) is 6.92 Å². The second-order valence-electron chi connectivity index (χ2n) is 5.27. The number of nitrogens with zero attached hydrogens (tertiary/aromatic N) is 3. The summed E-state index contributed by atoms with van der Waals surface area (Å²) in [6.07, 6.45) is 3.49.